The molecule has 0 radical (unpaired) electrons. The lowest BCUT2D eigenvalue weighted by Gasteiger charge is -2.15. The smallest absolute Gasteiger partial charge is 0.136 e. The van der Waals surface area contributed by atoms with E-state index in [1.807, 2.05) is 13.0 Å². The van der Waals surface area contributed by atoms with Crippen molar-refractivity contribution >= 4 is 15.9 Å². The third-order valence-corrected chi connectivity index (χ3v) is 2.84. The van der Waals surface area contributed by atoms with Crippen LogP contribution < -0.4 is 11.1 Å². The summed E-state index contributed by atoms with van der Waals surface area (Å²) in [4.78, 5) is 0. The Labute approximate surface area is 110 Å². The van der Waals surface area contributed by atoms with E-state index in [0.717, 1.165) is 22.4 Å². The van der Waals surface area contributed by atoms with Crippen molar-refractivity contribution in [2.45, 2.75) is 13.0 Å². The minimum absolute atomic E-state index is 0.00723. The second-order valence-corrected chi connectivity index (χ2v) is 4.74. The van der Waals surface area contributed by atoms with Crippen molar-refractivity contribution in [2.24, 2.45) is 5.73 Å². The van der Waals surface area contributed by atoms with Crippen LogP contribution in [0.5, 0.6) is 0 Å². The van der Waals surface area contributed by atoms with E-state index in [4.69, 9.17) is 14.9 Å². The van der Waals surface area contributed by atoms with E-state index in [-0.39, 0.29) is 6.04 Å². The van der Waals surface area contributed by atoms with Crippen LogP contribution in [0.15, 0.2) is 33.4 Å². The molecule has 0 fully saturated rings. The van der Waals surface area contributed by atoms with Crippen LogP contribution in [0.2, 0.25) is 0 Å². The molecule has 0 aromatic carbocycles. The first-order valence-corrected chi connectivity index (χ1v) is 6.33. The fourth-order valence-electron chi connectivity index (χ4n) is 1.39. The summed E-state index contributed by atoms with van der Waals surface area (Å²) in [7, 11) is 0. The van der Waals surface area contributed by atoms with Gasteiger partial charge >= 0.3 is 0 Å². The highest BCUT2D eigenvalue weighted by Crippen LogP contribution is 2.23. The number of nitrogens with one attached hydrogen (secondary N) is 1. The summed E-state index contributed by atoms with van der Waals surface area (Å²) in [5.74, 6) is 0.826. The molecule has 96 valence electrons. The Morgan fingerprint density at radius 3 is 3.00 bits per heavy atom. The molecule has 0 aliphatic rings. The molecule has 0 bridgehead atoms. The Hall–Kier alpha value is -0.620. The molecule has 1 aromatic heterocycles. The molecule has 3 N–H and O–H groups in total. The zero-order chi connectivity index (χ0) is 12.7. The molecule has 1 rings (SSSR count). The third-order valence-electron chi connectivity index (χ3n) is 2.18. The monoisotopic (exact) mass is 302 g/mol. The number of hydrogen-bond acceptors (Lipinski definition) is 4. The van der Waals surface area contributed by atoms with Gasteiger partial charge in [-0.2, -0.15) is 0 Å². The van der Waals surface area contributed by atoms with Gasteiger partial charge in [-0.15, -0.1) is 0 Å². The second-order valence-electron chi connectivity index (χ2n) is 3.88. The van der Waals surface area contributed by atoms with E-state index in [2.05, 4.69) is 27.8 Å². The lowest BCUT2D eigenvalue weighted by atomic mass is 10.2. The predicted molar refractivity (Wildman–Crippen MR) is 71.8 cm³/mol. The molecule has 1 atom stereocenters. The molecule has 17 heavy (non-hydrogen) atoms. The van der Waals surface area contributed by atoms with Crippen molar-refractivity contribution in [3.63, 3.8) is 0 Å². The molecule has 0 spiro atoms. The number of rotatable bonds is 8. The summed E-state index contributed by atoms with van der Waals surface area (Å²) in [6, 6.07) is 1.87. The summed E-state index contributed by atoms with van der Waals surface area (Å²) in [6.45, 7) is 8.14. The van der Waals surface area contributed by atoms with Gasteiger partial charge < -0.3 is 20.2 Å². The van der Waals surface area contributed by atoms with Gasteiger partial charge in [0, 0.05) is 13.1 Å². The van der Waals surface area contributed by atoms with Gasteiger partial charge in [-0.3, -0.25) is 0 Å². The van der Waals surface area contributed by atoms with Crippen LogP contribution in [-0.2, 0) is 4.74 Å². The number of ether oxygens (including phenoxy) is 1. The van der Waals surface area contributed by atoms with Gasteiger partial charge in [0.1, 0.15) is 5.76 Å². The number of furan rings is 1. The predicted octanol–water partition coefficient (Wildman–Crippen LogP) is 2.22. The van der Waals surface area contributed by atoms with Crippen molar-refractivity contribution < 1.29 is 9.15 Å². The summed E-state index contributed by atoms with van der Waals surface area (Å²) < 4.78 is 11.7. The SMILES string of the molecule is C=C(C)COCCNC(CN)c1occc1Br. The molecule has 4 nitrogen and oxygen atoms in total. The second kappa shape index (κ2) is 7.66. The van der Waals surface area contributed by atoms with Crippen LogP contribution in [-0.4, -0.2) is 26.3 Å². The van der Waals surface area contributed by atoms with Crippen LogP contribution in [0.1, 0.15) is 18.7 Å². The lowest BCUT2D eigenvalue weighted by Crippen LogP contribution is -2.30. The van der Waals surface area contributed by atoms with Gasteiger partial charge in [0.2, 0.25) is 0 Å². The van der Waals surface area contributed by atoms with Gasteiger partial charge in [0.25, 0.3) is 0 Å². The Kier molecular flexibility index (Phi) is 6.50. The van der Waals surface area contributed by atoms with Crippen LogP contribution in [0.3, 0.4) is 0 Å². The zero-order valence-electron chi connectivity index (χ0n) is 10.0. The maximum Gasteiger partial charge on any atom is 0.136 e. The highest BCUT2D eigenvalue weighted by Gasteiger charge is 2.15. The van der Waals surface area contributed by atoms with Crippen molar-refractivity contribution in [3.05, 3.63) is 34.7 Å². The molecule has 1 unspecified atom stereocenters. The average Bonchev–Trinajstić information content (AvgIpc) is 2.70. The Bertz CT molecular complexity index is 352. The Morgan fingerprint density at radius 1 is 1.71 bits per heavy atom. The van der Waals surface area contributed by atoms with Crippen molar-refractivity contribution in [2.75, 3.05) is 26.3 Å². The van der Waals surface area contributed by atoms with Gasteiger partial charge in [0.05, 0.1) is 30.0 Å². The first kappa shape index (κ1) is 14.4. The quantitative estimate of drug-likeness (QED) is 0.571. The molecule has 0 saturated heterocycles. The molecule has 5 heteroatoms. The number of nitrogens with two attached hydrogens (primary N) is 1. The fraction of sp³-hybridized carbons (Fsp3) is 0.500. The maximum absolute atomic E-state index is 5.70. The first-order valence-electron chi connectivity index (χ1n) is 5.53. The highest BCUT2D eigenvalue weighted by atomic mass is 79.9. The zero-order valence-corrected chi connectivity index (χ0v) is 11.6. The fourth-order valence-corrected chi connectivity index (χ4v) is 1.87. The van der Waals surface area contributed by atoms with E-state index in [0.29, 0.717) is 19.8 Å². The van der Waals surface area contributed by atoms with Crippen LogP contribution >= 0.6 is 15.9 Å². The highest BCUT2D eigenvalue weighted by molar-refractivity contribution is 9.10. The number of halogens is 1. The largest absolute Gasteiger partial charge is 0.466 e. The summed E-state index contributed by atoms with van der Waals surface area (Å²) in [5, 5.41) is 3.28. The van der Waals surface area contributed by atoms with Gasteiger partial charge in [-0.05, 0) is 28.9 Å². The van der Waals surface area contributed by atoms with E-state index in [9.17, 15) is 0 Å². The summed E-state index contributed by atoms with van der Waals surface area (Å²) >= 11 is 3.42. The standard InChI is InChI=1S/C12H19BrN2O2/c1-9(2)8-16-6-4-15-11(7-14)12-10(13)3-5-17-12/h3,5,11,15H,1,4,6-8,14H2,2H3. The average molecular weight is 303 g/mol. The molecule has 1 heterocycles. The molecular weight excluding hydrogens is 284 g/mol. The maximum atomic E-state index is 5.70. The van der Waals surface area contributed by atoms with E-state index < -0.39 is 0 Å². The topological polar surface area (TPSA) is 60.4 Å². The van der Waals surface area contributed by atoms with E-state index >= 15 is 0 Å². The number of hydrogen-bond donors (Lipinski definition) is 2. The molecule has 0 saturated carbocycles. The normalized spacial score (nSPS) is 12.6. The molecule has 0 aliphatic heterocycles. The van der Waals surface area contributed by atoms with Crippen LogP contribution in [0, 0.1) is 0 Å². The van der Waals surface area contributed by atoms with Crippen molar-refractivity contribution in [1.82, 2.24) is 5.32 Å². The van der Waals surface area contributed by atoms with Crippen LogP contribution in [0.25, 0.3) is 0 Å². The molecule has 0 amide bonds. The Morgan fingerprint density at radius 2 is 2.47 bits per heavy atom. The van der Waals surface area contributed by atoms with E-state index in [1.54, 1.807) is 6.26 Å². The van der Waals surface area contributed by atoms with E-state index in [1.165, 1.54) is 0 Å². The summed E-state index contributed by atoms with van der Waals surface area (Å²) in [6.07, 6.45) is 1.64. The van der Waals surface area contributed by atoms with Gasteiger partial charge in [-0.25, -0.2) is 0 Å². The molecule has 1 aromatic rings. The summed E-state index contributed by atoms with van der Waals surface area (Å²) in [5.41, 5.74) is 6.72. The first-order chi connectivity index (χ1) is 8.15. The minimum atomic E-state index is 0.00723. The van der Waals surface area contributed by atoms with Crippen LogP contribution in [0.4, 0.5) is 0 Å². The van der Waals surface area contributed by atoms with Gasteiger partial charge in [0.15, 0.2) is 0 Å². The van der Waals surface area contributed by atoms with Crippen molar-refractivity contribution in [1.29, 1.82) is 0 Å². The minimum Gasteiger partial charge on any atom is -0.466 e. The van der Waals surface area contributed by atoms with Crippen molar-refractivity contribution in [3.8, 4) is 0 Å². The lowest BCUT2D eigenvalue weighted by molar-refractivity contribution is 0.154. The molecular formula is C12H19BrN2O2. The van der Waals surface area contributed by atoms with Gasteiger partial charge in [-0.1, -0.05) is 12.2 Å². The Balaban J connectivity index is 2.29. The molecule has 0 aliphatic carbocycles. The third kappa shape index (κ3) is 5.04.